The second-order valence-electron chi connectivity index (χ2n) is 6.88. The van der Waals surface area contributed by atoms with Crippen molar-refractivity contribution in [1.82, 2.24) is 4.98 Å². The van der Waals surface area contributed by atoms with Crippen LogP contribution in [0.4, 0.5) is 0 Å². The largest absolute Gasteiger partial charge is 0.466 e. The molecule has 3 aromatic rings. The molecule has 0 spiro atoms. The van der Waals surface area contributed by atoms with Crippen LogP contribution in [0.25, 0.3) is 21.7 Å². The topological polar surface area (TPSA) is 39.2 Å². The first-order chi connectivity index (χ1) is 13.7. The fraction of sp³-hybridized carbons (Fsp3) is 0.333. The van der Waals surface area contributed by atoms with E-state index in [4.69, 9.17) is 9.72 Å². The van der Waals surface area contributed by atoms with E-state index < -0.39 is 0 Å². The summed E-state index contributed by atoms with van der Waals surface area (Å²) in [4.78, 5) is 17.6. The molecule has 2 aromatic carbocycles. The van der Waals surface area contributed by atoms with Crippen LogP contribution < -0.4 is 0 Å². The Kier molecular flexibility index (Phi) is 7.38. The summed E-state index contributed by atoms with van der Waals surface area (Å²) >= 11 is 1.78. The number of thiazole rings is 1. The summed E-state index contributed by atoms with van der Waals surface area (Å²) in [5.74, 6) is -0.0928. The van der Waals surface area contributed by atoms with Gasteiger partial charge in [0.05, 0.1) is 22.2 Å². The normalized spacial score (nSPS) is 10.8. The van der Waals surface area contributed by atoms with E-state index in [0.717, 1.165) is 41.9 Å². The standard InChI is InChI=1S/C24H27NO2S/c1-3-27-22(26)13-9-5-8-12-21-25-23(19-16-14-18(2)15-17-19)24(28-21)20-10-6-4-7-11-20/h4,6-7,10-11,14-17H,3,5,8-9,12-13H2,1-2H3. The fourth-order valence-electron chi connectivity index (χ4n) is 3.12. The van der Waals surface area contributed by atoms with Crippen molar-refractivity contribution in [1.29, 1.82) is 0 Å². The van der Waals surface area contributed by atoms with Crippen LogP contribution in [-0.4, -0.2) is 17.6 Å². The molecule has 146 valence electrons. The second-order valence-corrected chi connectivity index (χ2v) is 7.97. The summed E-state index contributed by atoms with van der Waals surface area (Å²) in [5.41, 5.74) is 4.69. The van der Waals surface area contributed by atoms with Gasteiger partial charge in [0.15, 0.2) is 0 Å². The molecule has 0 fully saturated rings. The summed E-state index contributed by atoms with van der Waals surface area (Å²) < 4.78 is 4.98. The molecule has 3 nitrogen and oxygen atoms in total. The van der Waals surface area contributed by atoms with Gasteiger partial charge in [0, 0.05) is 12.0 Å². The van der Waals surface area contributed by atoms with E-state index in [2.05, 4.69) is 55.5 Å². The molecule has 0 bridgehead atoms. The predicted molar refractivity (Wildman–Crippen MR) is 117 cm³/mol. The second kappa shape index (κ2) is 10.2. The van der Waals surface area contributed by atoms with Crippen molar-refractivity contribution in [3.63, 3.8) is 0 Å². The van der Waals surface area contributed by atoms with E-state index in [1.54, 1.807) is 11.3 Å². The van der Waals surface area contributed by atoms with Crippen molar-refractivity contribution in [2.45, 2.75) is 46.0 Å². The smallest absolute Gasteiger partial charge is 0.305 e. The minimum atomic E-state index is -0.0928. The average Bonchev–Trinajstić information content (AvgIpc) is 3.13. The minimum absolute atomic E-state index is 0.0928. The van der Waals surface area contributed by atoms with Gasteiger partial charge in [-0.15, -0.1) is 11.3 Å². The number of hydrogen-bond acceptors (Lipinski definition) is 4. The fourth-order valence-corrected chi connectivity index (χ4v) is 4.25. The minimum Gasteiger partial charge on any atom is -0.466 e. The summed E-state index contributed by atoms with van der Waals surface area (Å²) in [5, 5.41) is 1.16. The van der Waals surface area contributed by atoms with Crippen LogP contribution in [0.5, 0.6) is 0 Å². The highest BCUT2D eigenvalue weighted by Gasteiger charge is 2.14. The lowest BCUT2D eigenvalue weighted by Crippen LogP contribution is -2.03. The van der Waals surface area contributed by atoms with Gasteiger partial charge in [-0.2, -0.15) is 0 Å². The van der Waals surface area contributed by atoms with E-state index in [9.17, 15) is 4.79 Å². The quantitative estimate of drug-likeness (QED) is 0.310. The Hall–Kier alpha value is -2.46. The predicted octanol–water partition coefficient (Wildman–Crippen LogP) is 6.45. The molecule has 4 heteroatoms. The van der Waals surface area contributed by atoms with E-state index in [1.807, 2.05) is 13.0 Å². The highest BCUT2D eigenvalue weighted by molar-refractivity contribution is 7.15. The number of aryl methyl sites for hydroxylation is 2. The van der Waals surface area contributed by atoms with Gasteiger partial charge < -0.3 is 4.74 Å². The number of carbonyl (C=O) groups is 1. The number of rotatable bonds is 9. The van der Waals surface area contributed by atoms with Gasteiger partial charge in [-0.05, 0) is 38.7 Å². The Morgan fingerprint density at radius 1 is 0.964 bits per heavy atom. The molecule has 0 aliphatic heterocycles. The number of nitrogens with zero attached hydrogens (tertiary/aromatic N) is 1. The van der Waals surface area contributed by atoms with Crippen molar-refractivity contribution in [2.24, 2.45) is 0 Å². The molecule has 0 saturated heterocycles. The van der Waals surface area contributed by atoms with E-state index >= 15 is 0 Å². The van der Waals surface area contributed by atoms with Gasteiger partial charge in [-0.1, -0.05) is 66.6 Å². The first-order valence-electron chi connectivity index (χ1n) is 9.95. The Morgan fingerprint density at radius 3 is 2.43 bits per heavy atom. The third kappa shape index (κ3) is 5.52. The molecule has 0 unspecified atom stereocenters. The summed E-state index contributed by atoms with van der Waals surface area (Å²) in [6.45, 7) is 4.41. The van der Waals surface area contributed by atoms with Crippen LogP contribution in [0.15, 0.2) is 54.6 Å². The maximum absolute atomic E-state index is 11.4. The SMILES string of the molecule is CCOC(=O)CCCCCc1nc(-c2ccc(C)cc2)c(-c2ccccc2)s1. The first kappa shape index (κ1) is 20.3. The molecule has 0 aliphatic carbocycles. The maximum Gasteiger partial charge on any atom is 0.305 e. The third-order valence-electron chi connectivity index (χ3n) is 4.61. The van der Waals surface area contributed by atoms with Crippen molar-refractivity contribution in [3.05, 3.63) is 65.2 Å². The lowest BCUT2D eigenvalue weighted by Gasteiger charge is -2.03. The van der Waals surface area contributed by atoms with Crippen LogP contribution >= 0.6 is 11.3 Å². The van der Waals surface area contributed by atoms with Crippen molar-refractivity contribution in [3.8, 4) is 21.7 Å². The van der Waals surface area contributed by atoms with Crippen LogP contribution in [-0.2, 0) is 16.0 Å². The highest BCUT2D eigenvalue weighted by atomic mass is 32.1. The molecule has 0 amide bonds. The zero-order valence-corrected chi connectivity index (χ0v) is 17.4. The van der Waals surface area contributed by atoms with Gasteiger partial charge in [0.25, 0.3) is 0 Å². The lowest BCUT2D eigenvalue weighted by atomic mass is 10.1. The molecule has 28 heavy (non-hydrogen) atoms. The molecule has 0 aliphatic rings. The molecular weight excluding hydrogens is 366 g/mol. The monoisotopic (exact) mass is 393 g/mol. The van der Waals surface area contributed by atoms with E-state index in [-0.39, 0.29) is 5.97 Å². The van der Waals surface area contributed by atoms with E-state index in [0.29, 0.717) is 13.0 Å². The number of benzene rings is 2. The zero-order valence-electron chi connectivity index (χ0n) is 16.6. The molecule has 3 rings (SSSR count). The Labute approximate surface area is 171 Å². The van der Waals surface area contributed by atoms with Gasteiger partial charge in [-0.25, -0.2) is 4.98 Å². The number of ether oxygens (including phenoxy) is 1. The third-order valence-corrected chi connectivity index (χ3v) is 5.77. The van der Waals surface area contributed by atoms with Gasteiger partial charge in [0.1, 0.15) is 0 Å². The zero-order chi connectivity index (χ0) is 19.8. The molecule has 0 atom stereocenters. The lowest BCUT2D eigenvalue weighted by molar-refractivity contribution is -0.143. The first-order valence-corrected chi connectivity index (χ1v) is 10.8. The van der Waals surface area contributed by atoms with Gasteiger partial charge in [-0.3, -0.25) is 4.79 Å². The number of unbranched alkanes of at least 4 members (excludes halogenated alkanes) is 2. The Bertz CT molecular complexity index is 885. The average molecular weight is 394 g/mol. The van der Waals surface area contributed by atoms with E-state index in [1.165, 1.54) is 16.0 Å². The van der Waals surface area contributed by atoms with Crippen molar-refractivity contribution < 1.29 is 9.53 Å². The number of carbonyl (C=O) groups excluding carboxylic acids is 1. The molecule has 0 radical (unpaired) electrons. The molecule has 0 saturated carbocycles. The van der Waals surface area contributed by atoms with Crippen LogP contribution in [0.3, 0.4) is 0 Å². The van der Waals surface area contributed by atoms with Gasteiger partial charge >= 0.3 is 5.97 Å². The number of aromatic nitrogens is 1. The maximum atomic E-state index is 11.4. The molecule has 1 heterocycles. The molecule has 0 N–H and O–H groups in total. The Morgan fingerprint density at radius 2 is 1.71 bits per heavy atom. The number of esters is 1. The van der Waals surface area contributed by atoms with Gasteiger partial charge in [0.2, 0.25) is 0 Å². The van der Waals surface area contributed by atoms with Crippen LogP contribution in [0, 0.1) is 6.92 Å². The van der Waals surface area contributed by atoms with Crippen LogP contribution in [0.1, 0.15) is 43.2 Å². The van der Waals surface area contributed by atoms with Crippen molar-refractivity contribution in [2.75, 3.05) is 6.61 Å². The number of hydrogen-bond donors (Lipinski definition) is 0. The van der Waals surface area contributed by atoms with Crippen molar-refractivity contribution >= 4 is 17.3 Å². The summed E-state index contributed by atoms with van der Waals surface area (Å²) in [6.07, 6.45) is 4.38. The molecular formula is C24H27NO2S. The Balaban J connectivity index is 1.71. The summed E-state index contributed by atoms with van der Waals surface area (Å²) in [6, 6.07) is 19.1. The summed E-state index contributed by atoms with van der Waals surface area (Å²) in [7, 11) is 0. The molecule has 1 aromatic heterocycles. The highest BCUT2D eigenvalue weighted by Crippen LogP contribution is 2.37. The van der Waals surface area contributed by atoms with Crippen LogP contribution in [0.2, 0.25) is 0 Å².